The number of aliphatic hydroxyl groups is 1. The zero-order valence-corrected chi connectivity index (χ0v) is 14.5. The third kappa shape index (κ3) is 3.53. The van der Waals surface area contributed by atoms with Crippen LogP contribution in [0.3, 0.4) is 0 Å². The molecule has 1 unspecified atom stereocenters. The van der Waals surface area contributed by atoms with Crippen molar-refractivity contribution < 1.29 is 32.5 Å². The van der Waals surface area contributed by atoms with Gasteiger partial charge in [-0.15, -0.1) is 11.3 Å². The van der Waals surface area contributed by atoms with Gasteiger partial charge in [0.25, 0.3) is 0 Å². The highest BCUT2D eigenvalue weighted by Gasteiger charge is 2.58. The van der Waals surface area contributed by atoms with Crippen molar-refractivity contribution in [1.29, 1.82) is 0 Å². The minimum absolute atomic E-state index is 0.226. The Bertz CT molecular complexity index is 635. The summed E-state index contributed by atoms with van der Waals surface area (Å²) in [5.41, 5.74) is -2.91. The van der Waals surface area contributed by atoms with Crippen molar-refractivity contribution in [3.8, 4) is 0 Å². The summed E-state index contributed by atoms with van der Waals surface area (Å²) in [6.07, 6.45) is -5.28. The van der Waals surface area contributed by atoms with Gasteiger partial charge in [0.05, 0.1) is 19.6 Å². The van der Waals surface area contributed by atoms with Gasteiger partial charge in [-0.05, 0) is 6.92 Å². The minimum Gasteiger partial charge on any atom is -0.374 e. The summed E-state index contributed by atoms with van der Waals surface area (Å²) in [7, 11) is 0. The number of aryl methyl sites for hydroxylation is 1. The second kappa shape index (κ2) is 6.49. The maximum absolute atomic E-state index is 13.5. The lowest BCUT2D eigenvalue weighted by atomic mass is 9.97. The van der Waals surface area contributed by atoms with Crippen LogP contribution >= 0.6 is 11.3 Å². The van der Waals surface area contributed by atoms with Gasteiger partial charge in [0.1, 0.15) is 5.01 Å². The number of carbonyl (C=O) groups is 1. The topological polar surface area (TPSA) is 71.9 Å². The molecule has 1 spiro atoms. The summed E-state index contributed by atoms with van der Waals surface area (Å²) >= 11 is 0.695. The Balaban J connectivity index is 1.71. The number of nitrogens with zero attached hydrogens (tertiary/aromatic N) is 2. The number of amides is 1. The fourth-order valence-corrected chi connectivity index (χ4v) is 3.97. The molecular formula is C15H19F3N2O4S. The van der Waals surface area contributed by atoms with Gasteiger partial charge < -0.3 is 19.5 Å². The van der Waals surface area contributed by atoms with Crippen molar-refractivity contribution in [2.24, 2.45) is 0 Å². The average Bonchev–Trinajstić information content (AvgIpc) is 3.16. The first-order chi connectivity index (χ1) is 11.7. The molecule has 1 N–H and O–H groups in total. The normalized spacial score (nSPS) is 23.0. The van der Waals surface area contributed by atoms with Crippen molar-refractivity contribution in [2.75, 3.05) is 26.3 Å². The highest BCUT2D eigenvalue weighted by Crippen LogP contribution is 2.43. The van der Waals surface area contributed by atoms with E-state index in [-0.39, 0.29) is 13.1 Å². The zero-order valence-electron chi connectivity index (χ0n) is 13.6. The number of ether oxygens (including phenoxy) is 2. The quantitative estimate of drug-likeness (QED) is 0.868. The molecule has 1 aromatic heterocycles. The van der Waals surface area contributed by atoms with E-state index in [0.29, 0.717) is 43.1 Å². The third-order valence-corrected chi connectivity index (χ3v) is 5.65. The highest BCUT2D eigenvalue weighted by atomic mass is 32.1. The van der Waals surface area contributed by atoms with E-state index in [4.69, 9.17) is 9.47 Å². The molecule has 0 aliphatic carbocycles. The molecule has 2 aliphatic heterocycles. The Morgan fingerprint density at radius 2 is 1.96 bits per heavy atom. The van der Waals surface area contributed by atoms with Crippen LogP contribution in [0.25, 0.3) is 0 Å². The Labute approximate surface area is 146 Å². The first kappa shape index (κ1) is 18.6. The second-order valence-corrected chi connectivity index (χ2v) is 7.18. The van der Waals surface area contributed by atoms with Crippen LogP contribution in [0.4, 0.5) is 13.2 Å². The van der Waals surface area contributed by atoms with E-state index in [1.165, 1.54) is 17.2 Å². The molecule has 2 saturated heterocycles. The van der Waals surface area contributed by atoms with Gasteiger partial charge in [-0.25, -0.2) is 4.98 Å². The van der Waals surface area contributed by atoms with E-state index in [2.05, 4.69) is 4.98 Å². The van der Waals surface area contributed by atoms with Crippen LogP contribution in [0.15, 0.2) is 5.38 Å². The molecular weight excluding hydrogens is 361 g/mol. The number of thiazole rings is 1. The van der Waals surface area contributed by atoms with Gasteiger partial charge in [0.2, 0.25) is 11.5 Å². The van der Waals surface area contributed by atoms with Crippen molar-refractivity contribution >= 4 is 17.2 Å². The number of aromatic nitrogens is 1. The summed E-state index contributed by atoms with van der Waals surface area (Å²) in [5.74, 6) is -1.48. The van der Waals surface area contributed by atoms with E-state index < -0.39 is 34.9 Å². The number of hydrogen-bond donors (Lipinski definition) is 1. The Morgan fingerprint density at radius 1 is 1.36 bits per heavy atom. The standard InChI is InChI=1S/C15H19F3N2O4S/c1-10-9-25-12(19-10)14(22,15(16,17)18)8-11(21)20-4-2-13(3-5-20)23-6-7-24-13/h9,22H,2-8H2,1H3. The first-order valence-corrected chi connectivity index (χ1v) is 8.81. The molecule has 25 heavy (non-hydrogen) atoms. The second-order valence-electron chi connectivity index (χ2n) is 6.32. The Kier molecular flexibility index (Phi) is 4.82. The molecule has 2 fully saturated rings. The smallest absolute Gasteiger partial charge is 0.374 e. The molecule has 6 nitrogen and oxygen atoms in total. The van der Waals surface area contributed by atoms with Crippen LogP contribution in [0.5, 0.6) is 0 Å². The van der Waals surface area contributed by atoms with Gasteiger partial charge in [-0.2, -0.15) is 13.2 Å². The molecule has 140 valence electrons. The summed E-state index contributed by atoms with van der Waals surface area (Å²) in [4.78, 5) is 17.5. The fourth-order valence-electron chi connectivity index (χ4n) is 3.05. The molecule has 0 bridgehead atoms. The summed E-state index contributed by atoms with van der Waals surface area (Å²) in [6.45, 7) is 2.94. The largest absolute Gasteiger partial charge is 0.424 e. The minimum atomic E-state index is -5.00. The van der Waals surface area contributed by atoms with Crippen LogP contribution in [0.2, 0.25) is 0 Å². The molecule has 3 rings (SSSR count). The molecule has 0 radical (unpaired) electrons. The van der Waals surface area contributed by atoms with Gasteiger partial charge in [0, 0.05) is 37.0 Å². The molecule has 1 amide bonds. The monoisotopic (exact) mass is 380 g/mol. The number of piperidine rings is 1. The lowest BCUT2D eigenvalue weighted by Crippen LogP contribution is -2.51. The molecule has 1 atom stereocenters. The highest BCUT2D eigenvalue weighted by molar-refractivity contribution is 7.09. The van der Waals surface area contributed by atoms with Gasteiger partial charge in [0.15, 0.2) is 5.79 Å². The van der Waals surface area contributed by atoms with Gasteiger partial charge in [-0.1, -0.05) is 0 Å². The first-order valence-electron chi connectivity index (χ1n) is 7.93. The summed E-state index contributed by atoms with van der Waals surface area (Å²) < 4.78 is 51.5. The predicted molar refractivity (Wildman–Crippen MR) is 81.9 cm³/mol. The molecule has 2 aliphatic rings. The average molecular weight is 380 g/mol. The lowest BCUT2D eigenvalue weighted by Gasteiger charge is -2.38. The number of halogens is 3. The Hall–Kier alpha value is -1.23. The summed E-state index contributed by atoms with van der Waals surface area (Å²) in [5, 5.41) is 11.2. The van der Waals surface area contributed by atoms with Crippen LogP contribution in [-0.2, 0) is 19.9 Å². The molecule has 0 saturated carbocycles. The van der Waals surface area contributed by atoms with E-state index in [9.17, 15) is 23.1 Å². The van der Waals surface area contributed by atoms with Crippen LogP contribution in [0, 0.1) is 6.92 Å². The van der Waals surface area contributed by atoms with Crippen LogP contribution in [0.1, 0.15) is 30.0 Å². The molecule has 1 aromatic rings. The van der Waals surface area contributed by atoms with E-state index in [1.807, 2.05) is 0 Å². The SMILES string of the molecule is Cc1csc(C(O)(CC(=O)N2CCC3(CC2)OCCO3)C(F)(F)F)n1. The lowest BCUT2D eigenvalue weighted by molar-refractivity contribution is -0.268. The molecule has 10 heteroatoms. The van der Waals surface area contributed by atoms with Crippen molar-refractivity contribution in [1.82, 2.24) is 9.88 Å². The molecule has 3 heterocycles. The number of likely N-dealkylation sites (tertiary alicyclic amines) is 1. The van der Waals surface area contributed by atoms with Crippen molar-refractivity contribution in [2.45, 2.75) is 43.8 Å². The van der Waals surface area contributed by atoms with Crippen LogP contribution < -0.4 is 0 Å². The van der Waals surface area contributed by atoms with Gasteiger partial charge in [-0.3, -0.25) is 4.79 Å². The van der Waals surface area contributed by atoms with Crippen LogP contribution in [-0.4, -0.2) is 59.2 Å². The van der Waals surface area contributed by atoms with Crippen molar-refractivity contribution in [3.63, 3.8) is 0 Å². The fraction of sp³-hybridized carbons (Fsp3) is 0.733. The van der Waals surface area contributed by atoms with Crippen molar-refractivity contribution in [3.05, 3.63) is 16.1 Å². The third-order valence-electron chi connectivity index (χ3n) is 4.54. The maximum atomic E-state index is 13.5. The number of hydrogen-bond acceptors (Lipinski definition) is 6. The molecule has 0 aromatic carbocycles. The van der Waals surface area contributed by atoms with E-state index in [0.717, 1.165) is 0 Å². The zero-order chi connectivity index (χ0) is 18.3. The van der Waals surface area contributed by atoms with E-state index in [1.54, 1.807) is 0 Å². The summed E-state index contributed by atoms with van der Waals surface area (Å²) in [6, 6.07) is 0. The maximum Gasteiger partial charge on any atom is 0.424 e. The predicted octanol–water partition coefficient (Wildman–Crippen LogP) is 1.96. The van der Waals surface area contributed by atoms with Gasteiger partial charge >= 0.3 is 6.18 Å². The number of rotatable bonds is 3. The Morgan fingerprint density at radius 3 is 2.44 bits per heavy atom. The van der Waals surface area contributed by atoms with E-state index >= 15 is 0 Å². The number of carbonyl (C=O) groups excluding carboxylic acids is 1. The number of alkyl halides is 3.